The highest BCUT2D eigenvalue weighted by Crippen LogP contribution is 2.36. The molecule has 1 unspecified atom stereocenters. The second-order valence-corrected chi connectivity index (χ2v) is 8.84. The van der Waals surface area contributed by atoms with Gasteiger partial charge in [0.15, 0.2) is 0 Å². The molecular weight excluding hydrogens is 505 g/mol. The minimum absolute atomic E-state index is 0.00476. The zero-order chi connectivity index (χ0) is 27.5. The number of halogens is 3. The van der Waals surface area contributed by atoms with Crippen molar-refractivity contribution < 1.29 is 22.7 Å². The molecule has 2 aromatic heterocycles. The quantitative estimate of drug-likeness (QED) is 0.336. The van der Waals surface area contributed by atoms with E-state index < -0.39 is 40.5 Å². The third kappa shape index (κ3) is 3.92. The van der Waals surface area contributed by atoms with Crippen LogP contribution < -0.4 is 22.2 Å². The number of aromatic nitrogens is 2. The minimum Gasteiger partial charge on any atom is -0.444 e. The molecule has 0 saturated carbocycles. The maximum Gasteiger partial charge on any atom is 0.429 e. The van der Waals surface area contributed by atoms with Gasteiger partial charge in [-0.2, -0.15) is 13.2 Å². The molecule has 0 N–H and O–H groups in total. The van der Waals surface area contributed by atoms with Gasteiger partial charge in [0.1, 0.15) is 0 Å². The van der Waals surface area contributed by atoms with E-state index in [2.05, 4.69) is 0 Å². The number of nitrogens with zero attached hydrogens (tertiary/aromatic N) is 2. The van der Waals surface area contributed by atoms with E-state index in [0.717, 1.165) is 26.8 Å². The average Bonchev–Trinajstić information content (AvgIpc) is 3.25. The maximum absolute atomic E-state index is 13.6. The predicted molar refractivity (Wildman–Crippen MR) is 133 cm³/mol. The van der Waals surface area contributed by atoms with Gasteiger partial charge < -0.3 is 4.74 Å². The zero-order valence-electron chi connectivity index (χ0n) is 19.8. The van der Waals surface area contributed by atoms with E-state index in [-0.39, 0.29) is 38.4 Å². The van der Waals surface area contributed by atoms with Crippen molar-refractivity contribution in [2.75, 3.05) is 0 Å². The van der Waals surface area contributed by atoms with Gasteiger partial charge in [-0.05, 0) is 43.3 Å². The number of carbonyl (C=O) groups excluding carboxylic acids is 1. The van der Waals surface area contributed by atoms with E-state index in [9.17, 15) is 37.1 Å². The summed E-state index contributed by atoms with van der Waals surface area (Å²) in [6.45, 7) is 1.71. The van der Waals surface area contributed by atoms with Crippen LogP contribution >= 0.6 is 0 Å². The largest absolute Gasteiger partial charge is 0.444 e. The zero-order valence-corrected chi connectivity index (χ0v) is 19.8. The molecule has 0 aliphatic heterocycles. The van der Waals surface area contributed by atoms with Crippen LogP contribution in [0, 0.1) is 6.92 Å². The van der Waals surface area contributed by atoms with E-state index in [1.807, 2.05) is 0 Å². The molecule has 38 heavy (non-hydrogen) atoms. The third-order valence-electron chi connectivity index (χ3n) is 6.36. The van der Waals surface area contributed by atoms with Crippen LogP contribution in [0.1, 0.15) is 27.6 Å². The Balaban J connectivity index is 1.50. The summed E-state index contributed by atoms with van der Waals surface area (Å²) >= 11 is 0. The van der Waals surface area contributed by atoms with E-state index >= 15 is 0 Å². The number of aryl methyl sites for hydroxylation is 1. The van der Waals surface area contributed by atoms with Gasteiger partial charge in [-0.1, -0.05) is 29.8 Å². The Kier molecular flexibility index (Phi) is 5.66. The Labute approximate surface area is 210 Å². The molecule has 1 atom stereocenters. The summed E-state index contributed by atoms with van der Waals surface area (Å²) in [5, 5.41) is -0.130. The second-order valence-electron chi connectivity index (χ2n) is 8.84. The fourth-order valence-electron chi connectivity index (χ4n) is 4.32. The molecule has 0 aliphatic carbocycles. The normalized spacial score (nSPS) is 12.8. The van der Waals surface area contributed by atoms with E-state index in [4.69, 9.17) is 4.74 Å². The number of carbonyl (C=O) groups is 1. The second kappa shape index (κ2) is 8.65. The summed E-state index contributed by atoms with van der Waals surface area (Å²) in [5.41, 5.74) is -2.41. The van der Waals surface area contributed by atoms with Gasteiger partial charge in [0.25, 0.3) is 22.2 Å². The molecule has 192 valence electrons. The first-order valence-corrected chi connectivity index (χ1v) is 11.2. The number of fused-ring (bicyclic) bond motifs is 2. The van der Waals surface area contributed by atoms with E-state index in [1.54, 1.807) is 6.92 Å². The lowest BCUT2D eigenvalue weighted by molar-refractivity contribution is -0.207. The van der Waals surface area contributed by atoms with Gasteiger partial charge in [0.05, 0.1) is 32.8 Å². The van der Waals surface area contributed by atoms with Crippen LogP contribution in [-0.2, 0) is 11.8 Å². The smallest absolute Gasteiger partial charge is 0.429 e. The molecule has 5 rings (SSSR count). The maximum atomic E-state index is 13.6. The molecule has 0 spiro atoms. The highest BCUT2D eigenvalue weighted by Gasteiger charge is 2.44. The Morgan fingerprint density at radius 1 is 0.763 bits per heavy atom. The molecule has 0 aliphatic rings. The summed E-state index contributed by atoms with van der Waals surface area (Å²) in [6, 6.07) is 12.5. The highest BCUT2D eigenvalue weighted by molar-refractivity contribution is 5.98. The van der Waals surface area contributed by atoms with Crippen molar-refractivity contribution in [3.8, 4) is 5.69 Å². The standard InChI is InChI=1S/C27H17F3N2O6/c1-13-3-5-14(6-4-13)21(27(28,29)30)38-26(37)15-7-9-16(10-8-15)32-24(35)19-11-17-18(12-20(19)25(32)36)23(34)31(2)22(17)33/h3-12,21H,1-2H3. The van der Waals surface area contributed by atoms with Crippen LogP contribution in [-0.4, -0.2) is 21.3 Å². The third-order valence-corrected chi connectivity index (χ3v) is 6.36. The molecule has 0 fully saturated rings. The lowest BCUT2D eigenvalue weighted by Crippen LogP contribution is -2.26. The van der Waals surface area contributed by atoms with Crippen LogP contribution in [0.3, 0.4) is 0 Å². The average molecular weight is 522 g/mol. The predicted octanol–water partition coefficient (Wildman–Crippen LogP) is 3.21. The van der Waals surface area contributed by atoms with Gasteiger partial charge in [-0.25, -0.2) is 9.36 Å². The molecule has 0 amide bonds. The van der Waals surface area contributed by atoms with Crippen molar-refractivity contribution in [2.45, 2.75) is 19.2 Å². The van der Waals surface area contributed by atoms with Crippen molar-refractivity contribution in [2.24, 2.45) is 7.05 Å². The van der Waals surface area contributed by atoms with Gasteiger partial charge in [0.2, 0.25) is 6.10 Å². The van der Waals surface area contributed by atoms with Crippen molar-refractivity contribution in [1.29, 1.82) is 0 Å². The van der Waals surface area contributed by atoms with Crippen molar-refractivity contribution >= 4 is 27.5 Å². The fraction of sp³-hybridized carbons (Fsp3) is 0.148. The van der Waals surface area contributed by atoms with Crippen LogP contribution in [0.2, 0.25) is 0 Å². The van der Waals surface area contributed by atoms with Crippen LogP contribution in [0.15, 0.2) is 79.8 Å². The highest BCUT2D eigenvalue weighted by atomic mass is 19.4. The Morgan fingerprint density at radius 3 is 1.71 bits per heavy atom. The number of ether oxygens (including phenoxy) is 1. The molecule has 2 heterocycles. The lowest BCUT2D eigenvalue weighted by Gasteiger charge is -2.21. The van der Waals surface area contributed by atoms with Gasteiger partial charge in [-0.3, -0.25) is 23.7 Å². The number of rotatable bonds is 4. The van der Waals surface area contributed by atoms with Crippen LogP contribution in [0.4, 0.5) is 13.2 Å². The van der Waals surface area contributed by atoms with E-state index in [0.29, 0.717) is 0 Å². The molecule has 3 aromatic carbocycles. The summed E-state index contributed by atoms with van der Waals surface area (Å²) in [5.74, 6) is -1.25. The molecule has 8 nitrogen and oxygen atoms in total. The first-order valence-electron chi connectivity index (χ1n) is 11.2. The molecule has 11 heteroatoms. The van der Waals surface area contributed by atoms with E-state index in [1.165, 1.54) is 55.6 Å². The number of alkyl halides is 3. The fourth-order valence-corrected chi connectivity index (χ4v) is 4.32. The Bertz CT molecular complexity index is 1860. The summed E-state index contributed by atoms with van der Waals surface area (Å²) in [4.78, 5) is 63.1. The first kappa shape index (κ1) is 24.9. The molecule has 0 bridgehead atoms. The van der Waals surface area contributed by atoms with Crippen molar-refractivity contribution in [3.05, 3.63) is 119 Å². The van der Waals surface area contributed by atoms with Crippen LogP contribution in [0.5, 0.6) is 0 Å². The Hall–Kier alpha value is -4.80. The monoisotopic (exact) mass is 522 g/mol. The van der Waals surface area contributed by atoms with Gasteiger partial charge in [-0.15, -0.1) is 0 Å². The number of hydrogen-bond donors (Lipinski definition) is 0. The van der Waals surface area contributed by atoms with Crippen molar-refractivity contribution in [3.63, 3.8) is 0 Å². The lowest BCUT2D eigenvalue weighted by atomic mass is 10.1. The SMILES string of the molecule is Cc1ccc(C(OC(=O)c2ccc(-n3c(=O)c4cc5c(=O)n(C)c(=O)c5cc4c3=O)cc2)C(F)(F)F)cc1. The van der Waals surface area contributed by atoms with Crippen LogP contribution in [0.25, 0.3) is 27.2 Å². The van der Waals surface area contributed by atoms with Gasteiger partial charge in [0, 0.05) is 12.6 Å². The summed E-state index contributed by atoms with van der Waals surface area (Å²) in [6.07, 6.45) is -7.35. The first-order chi connectivity index (χ1) is 17.9. The number of esters is 1. The molecule has 0 radical (unpaired) electrons. The number of hydrogen-bond acceptors (Lipinski definition) is 6. The summed E-state index contributed by atoms with van der Waals surface area (Å²) in [7, 11) is 1.29. The molecule has 5 aromatic rings. The topological polar surface area (TPSA) is 104 Å². The van der Waals surface area contributed by atoms with Gasteiger partial charge >= 0.3 is 12.1 Å². The van der Waals surface area contributed by atoms with Crippen molar-refractivity contribution in [1.82, 2.24) is 9.13 Å². The summed E-state index contributed by atoms with van der Waals surface area (Å²) < 4.78 is 47.3. The Morgan fingerprint density at radius 2 is 1.24 bits per heavy atom. The minimum atomic E-state index is -4.86. The molecular formula is C27H17F3N2O6. The number of benzene rings is 3. The molecule has 0 saturated heterocycles.